The molecule has 0 unspecified atom stereocenters. The van der Waals surface area contributed by atoms with Crippen LogP contribution in [0.15, 0.2) is 53.4 Å². The van der Waals surface area contributed by atoms with Crippen molar-refractivity contribution in [1.29, 1.82) is 0 Å². The van der Waals surface area contributed by atoms with E-state index in [2.05, 4.69) is 4.72 Å². The number of carbonyl (C=O) groups excluding carboxylic acids is 1. The summed E-state index contributed by atoms with van der Waals surface area (Å²) in [5, 5.41) is 9.57. The summed E-state index contributed by atoms with van der Waals surface area (Å²) in [7, 11) is -3.68. The Morgan fingerprint density at radius 3 is 2.30 bits per heavy atom. The van der Waals surface area contributed by atoms with Gasteiger partial charge in [-0.3, -0.25) is 0 Å². The Bertz CT molecular complexity index is 773. The van der Waals surface area contributed by atoms with Crippen LogP contribution in [0.1, 0.15) is 10.4 Å². The van der Waals surface area contributed by atoms with Crippen molar-refractivity contribution in [3.05, 3.63) is 59.1 Å². The fourth-order valence-corrected chi connectivity index (χ4v) is 2.84. The largest absolute Gasteiger partial charge is 0.508 e. The summed E-state index contributed by atoms with van der Waals surface area (Å²) in [6.45, 7) is -0.179. The number of nitrogens with one attached hydrogen (secondary N) is 1. The Balaban J connectivity index is 1.83. The summed E-state index contributed by atoms with van der Waals surface area (Å²) in [6.07, 6.45) is 0. The zero-order valence-corrected chi connectivity index (χ0v) is 13.5. The van der Waals surface area contributed by atoms with Gasteiger partial charge < -0.3 is 9.84 Å². The van der Waals surface area contributed by atoms with Crippen LogP contribution >= 0.6 is 11.6 Å². The standard InChI is InChI=1S/C15H14ClNO5S/c16-12-3-7-14(8-4-12)23(20,21)17-9-10-22-15(19)11-1-5-13(18)6-2-11/h1-8,17-18H,9-10H2. The summed E-state index contributed by atoms with van der Waals surface area (Å²) >= 11 is 5.70. The van der Waals surface area contributed by atoms with Gasteiger partial charge in [0.2, 0.25) is 10.0 Å². The molecule has 0 saturated carbocycles. The van der Waals surface area contributed by atoms with E-state index < -0.39 is 16.0 Å². The molecule has 2 aromatic carbocycles. The highest BCUT2D eigenvalue weighted by Gasteiger charge is 2.13. The molecule has 0 aliphatic heterocycles. The zero-order valence-electron chi connectivity index (χ0n) is 11.9. The Kier molecular flexibility index (Phi) is 5.59. The molecular weight excluding hydrogens is 342 g/mol. The number of esters is 1. The lowest BCUT2D eigenvalue weighted by molar-refractivity contribution is 0.0513. The normalized spacial score (nSPS) is 11.2. The lowest BCUT2D eigenvalue weighted by atomic mass is 10.2. The molecule has 0 heterocycles. The number of phenols is 1. The summed E-state index contributed by atoms with van der Waals surface area (Å²) < 4.78 is 31.2. The second-order valence-electron chi connectivity index (χ2n) is 4.53. The summed E-state index contributed by atoms with van der Waals surface area (Å²) in [6, 6.07) is 11.3. The number of rotatable bonds is 6. The number of ether oxygens (including phenoxy) is 1. The number of sulfonamides is 1. The molecule has 0 atom stereocenters. The first-order chi connectivity index (χ1) is 10.9. The van der Waals surface area contributed by atoms with Gasteiger partial charge in [-0.25, -0.2) is 17.9 Å². The maximum absolute atomic E-state index is 12.0. The topological polar surface area (TPSA) is 92.7 Å². The molecule has 0 aliphatic carbocycles. The molecule has 6 nitrogen and oxygen atoms in total. The van der Waals surface area contributed by atoms with Crippen LogP contribution in [0, 0.1) is 0 Å². The second-order valence-corrected chi connectivity index (χ2v) is 6.74. The maximum Gasteiger partial charge on any atom is 0.338 e. The average Bonchev–Trinajstić information content (AvgIpc) is 2.52. The van der Waals surface area contributed by atoms with E-state index in [0.29, 0.717) is 5.02 Å². The van der Waals surface area contributed by atoms with E-state index in [4.69, 9.17) is 21.4 Å². The van der Waals surface area contributed by atoms with E-state index in [-0.39, 0.29) is 29.4 Å². The number of halogens is 1. The highest BCUT2D eigenvalue weighted by molar-refractivity contribution is 7.89. The number of hydrogen-bond donors (Lipinski definition) is 2. The van der Waals surface area contributed by atoms with Gasteiger partial charge in [-0.05, 0) is 48.5 Å². The van der Waals surface area contributed by atoms with Gasteiger partial charge >= 0.3 is 5.97 Å². The first-order valence-electron chi connectivity index (χ1n) is 6.60. The third-order valence-electron chi connectivity index (χ3n) is 2.85. The second kappa shape index (κ2) is 7.45. The Hall–Kier alpha value is -2.09. The van der Waals surface area contributed by atoms with Gasteiger partial charge in [0.1, 0.15) is 12.4 Å². The third-order valence-corrected chi connectivity index (χ3v) is 4.58. The molecule has 8 heteroatoms. The van der Waals surface area contributed by atoms with E-state index >= 15 is 0 Å². The first-order valence-corrected chi connectivity index (χ1v) is 8.46. The first kappa shape index (κ1) is 17.3. The molecule has 23 heavy (non-hydrogen) atoms. The SMILES string of the molecule is O=C(OCCNS(=O)(=O)c1ccc(Cl)cc1)c1ccc(O)cc1. The lowest BCUT2D eigenvalue weighted by Crippen LogP contribution is -2.28. The molecule has 122 valence electrons. The number of hydrogen-bond acceptors (Lipinski definition) is 5. The van der Waals surface area contributed by atoms with Crippen molar-refractivity contribution in [3.8, 4) is 5.75 Å². The van der Waals surface area contributed by atoms with Gasteiger partial charge in [0.25, 0.3) is 0 Å². The van der Waals surface area contributed by atoms with Crippen LogP contribution in [0.2, 0.25) is 5.02 Å². The van der Waals surface area contributed by atoms with Crippen molar-refractivity contribution < 1.29 is 23.1 Å². The molecule has 0 radical (unpaired) electrons. The molecule has 0 aromatic heterocycles. The number of carbonyl (C=O) groups is 1. The minimum Gasteiger partial charge on any atom is -0.508 e. The van der Waals surface area contributed by atoms with Crippen molar-refractivity contribution in [2.24, 2.45) is 0 Å². The van der Waals surface area contributed by atoms with E-state index in [1.54, 1.807) is 0 Å². The molecule has 0 spiro atoms. The minimum atomic E-state index is -3.68. The van der Waals surface area contributed by atoms with E-state index in [0.717, 1.165) is 0 Å². The molecule has 0 saturated heterocycles. The Labute approximate surface area is 138 Å². The smallest absolute Gasteiger partial charge is 0.338 e. The zero-order chi connectivity index (χ0) is 16.9. The minimum absolute atomic E-state index is 0.0391. The number of phenolic OH excluding ortho intramolecular Hbond substituents is 1. The van der Waals surface area contributed by atoms with Crippen LogP contribution in [0.4, 0.5) is 0 Å². The van der Waals surface area contributed by atoms with Crippen LogP contribution in [0.25, 0.3) is 0 Å². The van der Waals surface area contributed by atoms with Crippen molar-refractivity contribution in [3.63, 3.8) is 0 Å². The molecule has 2 N–H and O–H groups in total. The van der Waals surface area contributed by atoms with Gasteiger partial charge in [0.05, 0.1) is 10.5 Å². The fraction of sp³-hybridized carbons (Fsp3) is 0.133. The third kappa shape index (κ3) is 4.95. The summed E-state index contributed by atoms with van der Waals surface area (Å²) in [4.78, 5) is 11.8. The van der Waals surface area contributed by atoms with Gasteiger partial charge in [0, 0.05) is 11.6 Å². The number of benzene rings is 2. The van der Waals surface area contributed by atoms with E-state index in [9.17, 15) is 13.2 Å². The highest BCUT2D eigenvalue weighted by Crippen LogP contribution is 2.14. The van der Waals surface area contributed by atoms with Crippen LogP contribution in [0.5, 0.6) is 5.75 Å². The van der Waals surface area contributed by atoms with Gasteiger partial charge in [-0.1, -0.05) is 11.6 Å². The van der Waals surface area contributed by atoms with Crippen LogP contribution in [-0.2, 0) is 14.8 Å². The number of aromatic hydroxyl groups is 1. The predicted molar refractivity (Wildman–Crippen MR) is 85.0 cm³/mol. The van der Waals surface area contributed by atoms with Crippen molar-refractivity contribution in [2.45, 2.75) is 4.90 Å². The fourth-order valence-electron chi connectivity index (χ4n) is 1.70. The Morgan fingerprint density at radius 2 is 1.70 bits per heavy atom. The van der Waals surface area contributed by atoms with Crippen LogP contribution in [-0.4, -0.2) is 32.6 Å². The van der Waals surface area contributed by atoms with Crippen LogP contribution in [0.3, 0.4) is 0 Å². The van der Waals surface area contributed by atoms with Crippen molar-refractivity contribution in [1.82, 2.24) is 4.72 Å². The average molecular weight is 356 g/mol. The highest BCUT2D eigenvalue weighted by atomic mass is 35.5. The molecule has 2 rings (SSSR count). The van der Waals surface area contributed by atoms with Gasteiger partial charge in [0.15, 0.2) is 0 Å². The summed E-state index contributed by atoms with van der Waals surface area (Å²) in [5.41, 5.74) is 0.267. The predicted octanol–water partition coefficient (Wildman–Crippen LogP) is 2.18. The van der Waals surface area contributed by atoms with Gasteiger partial charge in [-0.2, -0.15) is 0 Å². The summed E-state index contributed by atoms with van der Waals surface area (Å²) in [5.74, 6) is -0.562. The molecule has 0 amide bonds. The molecule has 0 bridgehead atoms. The molecular formula is C15H14ClNO5S. The maximum atomic E-state index is 12.0. The monoisotopic (exact) mass is 355 g/mol. The van der Waals surface area contributed by atoms with Crippen molar-refractivity contribution in [2.75, 3.05) is 13.2 Å². The van der Waals surface area contributed by atoms with E-state index in [1.807, 2.05) is 0 Å². The van der Waals surface area contributed by atoms with Gasteiger partial charge in [-0.15, -0.1) is 0 Å². The molecule has 2 aromatic rings. The quantitative estimate of drug-likeness (QED) is 0.612. The Morgan fingerprint density at radius 1 is 1.09 bits per heavy atom. The van der Waals surface area contributed by atoms with Crippen LogP contribution < -0.4 is 4.72 Å². The van der Waals surface area contributed by atoms with E-state index in [1.165, 1.54) is 48.5 Å². The lowest BCUT2D eigenvalue weighted by Gasteiger charge is -2.08. The van der Waals surface area contributed by atoms with Crippen molar-refractivity contribution >= 4 is 27.6 Å². The molecule has 0 fully saturated rings. The molecule has 0 aliphatic rings.